The zero-order valence-corrected chi connectivity index (χ0v) is 19.9. The zero-order valence-electron chi connectivity index (χ0n) is 19.9. The second kappa shape index (κ2) is 9.69. The molecule has 1 aromatic heterocycles. The van der Waals surface area contributed by atoms with Gasteiger partial charge in [-0.05, 0) is 57.0 Å². The van der Waals surface area contributed by atoms with Gasteiger partial charge in [-0.2, -0.15) is 0 Å². The fraction of sp³-hybridized carbons (Fsp3) is 0.480. The summed E-state index contributed by atoms with van der Waals surface area (Å²) < 4.78 is 5.48. The summed E-state index contributed by atoms with van der Waals surface area (Å²) in [5, 5.41) is 22.9. The highest BCUT2D eigenvalue weighted by molar-refractivity contribution is 6.07. The Morgan fingerprint density at radius 2 is 2.00 bits per heavy atom. The molecule has 0 radical (unpaired) electrons. The van der Waals surface area contributed by atoms with Crippen molar-refractivity contribution in [3.8, 4) is 0 Å². The third kappa shape index (κ3) is 5.38. The molecule has 3 N–H and O–H groups in total. The summed E-state index contributed by atoms with van der Waals surface area (Å²) >= 11 is 0. The standard InChI is InChI=1S/C25H32N4O5/c1-16(30)19-5-4-6-20(26-19)23(31)27-21-13-17-15-29(8-7-25(2,3)33)24(32)18(17)14-22(21)28-9-11-34-12-10-28/h4-6,13-14,16,30,33H,7-12,15H2,1-3H3,(H,27,31)/t16-/m1/s1. The molecule has 0 bridgehead atoms. The van der Waals surface area contributed by atoms with Gasteiger partial charge in [-0.15, -0.1) is 0 Å². The number of nitrogens with zero attached hydrogens (tertiary/aromatic N) is 3. The Labute approximate surface area is 199 Å². The Hall–Kier alpha value is -3.01. The molecule has 3 heterocycles. The van der Waals surface area contributed by atoms with Gasteiger partial charge in [0, 0.05) is 31.7 Å². The van der Waals surface area contributed by atoms with Gasteiger partial charge in [-0.1, -0.05) is 6.07 Å². The number of morpholine rings is 1. The van der Waals surface area contributed by atoms with E-state index < -0.39 is 11.7 Å². The van der Waals surface area contributed by atoms with Crippen LogP contribution in [0, 0.1) is 0 Å². The lowest BCUT2D eigenvalue weighted by Gasteiger charge is -2.31. The monoisotopic (exact) mass is 468 g/mol. The molecule has 0 spiro atoms. The number of hydrogen-bond donors (Lipinski definition) is 3. The van der Waals surface area contributed by atoms with Crippen LogP contribution < -0.4 is 10.2 Å². The van der Waals surface area contributed by atoms with Crippen molar-refractivity contribution in [1.29, 1.82) is 0 Å². The van der Waals surface area contributed by atoms with E-state index in [4.69, 9.17) is 4.74 Å². The predicted octanol–water partition coefficient (Wildman–Crippen LogP) is 2.34. The van der Waals surface area contributed by atoms with Gasteiger partial charge in [0.25, 0.3) is 11.8 Å². The number of hydrogen-bond acceptors (Lipinski definition) is 7. The van der Waals surface area contributed by atoms with Crippen LogP contribution in [0.1, 0.15) is 65.4 Å². The maximum absolute atomic E-state index is 13.1. The second-order valence-electron chi connectivity index (χ2n) is 9.49. The van der Waals surface area contributed by atoms with E-state index in [0.717, 1.165) is 11.3 Å². The molecule has 2 amide bonds. The highest BCUT2D eigenvalue weighted by Crippen LogP contribution is 2.35. The maximum atomic E-state index is 13.1. The average molecular weight is 469 g/mol. The van der Waals surface area contributed by atoms with Crippen LogP contribution in [0.4, 0.5) is 11.4 Å². The number of carbonyl (C=O) groups excluding carboxylic acids is 2. The largest absolute Gasteiger partial charge is 0.390 e. The minimum Gasteiger partial charge on any atom is -0.390 e. The summed E-state index contributed by atoms with van der Waals surface area (Å²) in [6.07, 6.45) is -0.310. The lowest BCUT2D eigenvalue weighted by Crippen LogP contribution is -2.37. The van der Waals surface area contributed by atoms with Crippen LogP contribution in [0.3, 0.4) is 0 Å². The van der Waals surface area contributed by atoms with Crippen molar-refractivity contribution in [2.75, 3.05) is 43.1 Å². The molecule has 2 aromatic rings. The van der Waals surface area contributed by atoms with Crippen molar-refractivity contribution in [3.63, 3.8) is 0 Å². The first-order valence-corrected chi connectivity index (χ1v) is 11.6. The van der Waals surface area contributed by atoms with E-state index in [1.165, 1.54) is 0 Å². The van der Waals surface area contributed by atoms with Crippen LogP contribution in [-0.4, -0.2) is 70.4 Å². The minimum absolute atomic E-state index is 0.0714. The van der Waals surface area contributed by atoms with Gasteiger partial charge >= 0.3 is 0 Å². The SMILES string of the molecule is C[C@@H](O)c1cccc(C(=O)Nc2cc3c(cc2N2CCOCC2)C(=O)N(CCC(C)(C)O)C3)n1. The van der Waals surface area contributed by atoms with Gasteiger partial charge in [0.2, 0.25) is 0 Å². The molecule has 0 saturated carbocycles. The number of anilines is 2. The number of amides is 2. The number of benzene rings is 1. The first-order chi connectivity index (χ1) is 16.1. The van der Waals surface area contributed by atoms with Crippen LogP contribution in [-0.2, 0) is 11.3 Å². The van der Waals surface area contributed by atoms with Crippen LogP contribution in [0.5, 0.6) is 0 Å². The van der Waals surface area contributed by atoms with Gasteiger partial charge in [0.05, 0.1) is 42.0 Å². The highest BCUT2D eigenvalue weighted by Gasteiger charge is 2.31. The van der Waals surface area contributed by atoms with Crippen LogP contribution in [0.2, 0.25) is 0 Å². The normalized spacial score (nSPS) is 17.0. The van der Waals surface area contributed by atoms with Crippen LogP contribution in [0.25, 0.3) is 0 Å². The molecular weight excluding hydrogens is 436 g/mol. The number of pyridine rings is 1. The van der Waals surface area contributed by atoms with E-state index in [-0.39, 0.29) is 17.5 Å². The fourth-order valence-corrected chi connectivity index (χ4v) is 4.16. The Bertz CT molecular complexity index is 1070. The quantitative estimate of drug-likeness (QED) is 0.571. The number of nitrogens with one attached hydrogen (secondary N) is 1. The summed E-state index contributed by atoms with van der Waals surface area (Å²) in [5.41, 5.74) is 2.58. The highest BCUT2D eigenvalue weighted by atomic mass is 16.5. The Kier molecular flexibility index (Phi) is 6.88. The summed E-state index contributed by atoms with van der Waals surface area (Å²) in [5.74, 6) is -0.460. The molecule has 1 atom stereocenters. The fourth-order valence-electron chi connectivity index (χ4n) is 4.16. The predicted molar refractivity (Wildman–Crippen MR) is 128 cm³/mol. The average Bonchev–Trinajstić information content (AvgIpc) is 3.12. The second-order valence-corrected chi connectivity index (χ2v) is 9.49. The zero-order chi connectivity index (χ0) is 24.5. The van der Waals surface area contributed by atoms with E-state index in [1.54, 1.807) is 43.9 Å². The topological polar surface area (TPSA) is 115 Å². The van der Waals surface area contributed by atoms with Crippen LogP contribution >= 0.6 is 0 Å². The molecule has 9 heteroatoms. The molecule has 1 aromatic carbocycles. The first-order valence-electron chi connectivity index (χ1n) is 11.6. The van der Waals surface area contributed by atoms with Crippen molar-refractivity contribution in [1.82, 2.24) is 9.88 Å². The molecule has 4 rings (SSSR count). The van der Waals surface area contributed by atoms with Crippen molar-refractivity contribution in [2.45, 2.75) is 45.4 Å². The molecule has 1 saturated heterocycles. The number of carbonyl (C=O) groups is 2. The molecule has 182 valence electrons. The summed E-state index contributed by atoms with van der Waals surface area (Å²) in [4.78, 5) is 34.2. The summed E-state index contributed by atoms with van der Waals surface area (Å²) in [7, 11) is 0. The third-order valence-corrected chi connectivity index (χ3v) is 6.13. The number of fused-ring (bicyclic) bond motifs is 1. The minimum atomic E-state index is -0.860. The third-order valence-electron chi connectivity index (χ3n) is 6.13. The van der Waals surface area contributed by atoms with E-state index in [9.17, 15) is 19.8 Å². The number of aromatic nitrogens is 1. The molecule has 2 aliphatic heterocycles. The van der Waals surface area contributed by atoms with Crippen molar-refractivity contribution in [2.24, 2.45) is 0 Å². The van der Waals surface area contributed by atoms with Gasteiger partial charge < -0.3 is 30.1 Å². The number of aliphatic hydroxyl groups is 2. The smallest absolute Gasteiger partial charge is 0.274 e. The summed E-state index contributed by atoms with van der Waals surface area (Å²) in [6, 6.07) is 8.67. The molecule has 2 aliphatic rings. The molecule has 0 aliphatic carbocycles. The van der Waals surface area contributed by atoms with Gasteiger partial charge in [0.1, 0.15) is 5.69 Å². The Balaban J connectivity index is 1.64. The molecule has 1 fully saturated rings. The first kappa shape index (κ1) is 24.1. The number of rotatable bonds is 7. The van der Waals surface area contributed by atoms with Gasteiger partial charge in [-0.25, -0.2) is 4.98 Å². The molecule has 0 unspecified atom stereocenters. The lowest BCUT2D eigenvalue weighted by molar-refractivity contribution is 0.0517. The lowest BCUT2D eigenvalue weighted by atomic mass is 10.1. The maximum Gasteiger partial charge on any atom is 0.274 e. The summed E-state index contributed by atoms with van der Waals surface area (Å²) in [6.45, 7) is 8.34. The number of ether oxygens (including phenoxy) is 1. The number of aliphatic hydroxyl groups excluding tert-OH is 1. The van der Waals surface area contributed by atoms with Crippen molar-refractivity contribution < 1.29 is 24.5 Å². The van der Waals surface area contributed by atoms with Gasteiger partial charge in [-0.3, -0.25) is 9.59 Å². The van der Waals surface area contributed by atoms with E-state index in [0.29, 0.717) is 62.8 Å². The van der Waals surface area contributed by atoms with E-state index >= 15 is 0 Å². The Morgan fingerprint density at radius 1 is 1.26 bits per heavy atom. The Morgan fingerprint density at radius 3 is 2.68 bits per heavy atom. The van der Waals surface area contributed by atoms with E-state index in [2.05, 4.69) is 15.2 Å². The molecule has 34 heavy (non-hydrogen) atoms. The van der Waals surface area contributed by atoms with Gasteiger partial charge in [0.15, 0.2) is 0 Å². The molecular formula is C25H32N4O5. The van der Waals surface area contributed by atoms with Crippen LogP contribution in [0.15, 0.2) is 30.3 Å². The van der Waals surface area contributed by atoms with Crippen molar-refractivity contribution >= 4 is 23.2 Å². The van der Waals surface area contributed by atoms with E-state index in [1.807, 2.05) is 12.1 Å². The molecule has 9 nitrogen and oxygen atoms in total. The van der Waals surface area contributed by atoms with Crippen molar-refractivity contribution in [3.05, 3.63) is 52.8 Å².